The van der Waals surface area contributed by atoms with Crippen molar-refractivity contribution in [3.05, 3.63) is 83.9 Å². The van der Waals surface area contributed by atoms with Gasteiger partial charge in [-0.15, -0.1) is 10.2 Å². The monoisotopic (exact) mass is 484 g/mol. The maximum Gasteiger partial charge on any atom is 0.283 e. The van der Waals surface area contributed by atoms with Crippen molar-refractivity contribution in [3.63, 3.8) is 0 Å². The fourth-order valence-corrected chi connectivity index (χ4v) is 4.06. The number of nitrogens with zero attached hydrogens (tertiary/aromatic N) is 3. The summed E-state index contributed by atoms with van der Waals surface area (Å²) in [5.74, 6) is 0.359. The third kappa shape index (κ3) is 5.05. The van der Waals surface area contributed by atoms with Crippen LogP contribution in [0.4, 0.5) is 5.69 Å². The van der Waals surface area contributed by atoms with E-state index in [0.29, 0.717) is 29.9 Å². The lowest BCUT2D eigenvalue weighted by Crippen LogP contribution is -2.28. The molecule has 0 spiro atoms. The number of para-hydroxylation sites is 1. The SMILES string of the molecule is O=C(CNC(=O)CCc1ccccc1)N=Nc1c(O)n(Cc2ccc3c(c2)OCO3)c2ccccc12. The van der Waals surface area contributed by atoms with E-state index in [0.717, 1.165) is 16.6 Å². The molecule has 0 atom stereocenters. The first-order valence-electron chi connectivity index (χ1n) is 11.5. The summed E-state index contributed by atoms with van der Waals surface area (Å²) in [4.78, 5) is 24.3. The van der Waals surface area contributed by atoms with E-state index < -0.39 is 5.91 Å². The molecule has 9 nitrogen and oxygen atoms in total. The molecule has 0 fully saturated rings. The Kier molecular flexibility index (Phi) is 6.61. The molecular formula is C27H24N4O5. The van der Waals surface area contributed by atoms with Gasteiger partial charge in [0.1, 0.15) is 6.54 Å². The van der Waals surface area contributed by atoms with E-state index in [1.54, 1.807) is 10.6 Å². The number of aromatic hydroxyl groups is 1. The molecule has 5 rings (SSSR count). The van der Waals surface area contributed by atoms with Gasteiger partial charge in [-0.2, -0.15) is 0 Å². The fraction of sp³-hybridized carbons (Fsp3) is 0.185. The van der Waals surface area contributed by atoms with Crippen LogP contribution in [0.15, 0.2) is 83.0 Å². The number of carbonyl (C=O) groups excluding carboxylic acids is 2. The van der Waals surface area contributed by atoms with Gasteiger partial charge in [0.2, 0.25) is 18.6 Å². The third-order valence-corrected chi connectivity index (χ3v) is 5.88. The van der Waals surface area contributed by atoms with E-state index in [4.69, 9.17) is 9.47 Å². The van der Waals surface area contributed by atoms with Crippen LogP contribution in [0, 0.1) is 0 Å². The molecule has 4 aromatic rings. The van der Waals surface area contributed by atoms with Crippen molar-refractivity contribution in [2.45, 2.75) is 19.4 Å². The summed E-state index contributed by atoms with van der Waals surface area (Å²) < 4.78 is 12.5. The molecule has 2 heterocycles. The molecule has 2 amide bonds. The molecule has 0 bridgehead atoms. The molecule has 0 unspecified atom stereocenters. The predicted molar refractivity (Wildman–Crippen MR) is 133 cm³/mol. The number of ether oxygens (including phenoxy) is 2. The number of carbonyl (C=O) groups is 2. The van der Waals surface area contributed by atoms with Crippen LogP contribution in [-0.2, 0) is 22.6 Å². The number of amides is 2. The van der Waals surface area contributed by atoms with Crippen molar-refractivity contribution in [2.75, 3.05) is 13.3 Å². The highest BCUT2D eigenvalue weighted by Gasteiger charge is 2.19. The number of benzene rings is 3. The summed E-state index contributed by atoms with van der Waals surface area (Å²) in [6.07, 6.45) is 0.849. The van der Waals surface area contributed by atoms with E-state index in [2.05, 4.69) is 15.5 Å². The van der Waals surface area contributed by atoms with E-state index in [-0.39, 0.29) is 37.2 Å². The van der Waals surface area contributed by atoms with Crippen LogP contribution in [0.1, 0.15) is 17.5 Å². The zero-order chi connectivity index (χ0) is 24.9. The number of hydrogen-bond acceptors (Lipinski definition) is 6. The number of azo groups is 1. The summed E-state index contributed by atoms with van der Waals surface area (Å²) in [6, 6.07) is 22.6. The fourth-order valence-electron chi connectivity index (χ4n) is 4.06. The van der Waals surface area contributed by atoms with Crippen molar-refractivity contribution >= 4 is 28.4 Å². The lowest BCUT2D eigenvalue weighted by atomic mass is 10.1. The highest BCUT2D eigenvalue weighted by Crippen LogP contribution is 2.40. The Bertz CT molecular complexity index is 1450. The van der Waals surface area contributed by atoms with Crippen LogP contribution < -0.4 is 14.8 Å². The Hall–Kier alpha value is -4.66. The van der Waals surface area contributed by atoms with E-state index in [9.17, 15) is 14.7 Å². The second-order valence-corrected chi connectivity index (χ2v) is 8.32. The van der Waals surface area contributed by atoms with Crippen LogP contribution in [-0.4, -0.2) is 34.8 Å². The number of hydrogen-bond donors (Lipinski definition) is 2. The summed E-state index contributed by atoms with van der Waals surface area (Å²) in [5, 5.41) is 21.9. The van der Waals surface area contributed by atoms with Crippen LogP contribution in [0.3, 0.4) is 0 Å². The summed E-state index contributed by atoms with van der Waals surface area (Å²) >= 11 is 0. The van der Waals surface area contributed by atoms with Crippen LogP contribution in [0.25, 0.3) is 10.9 Å². The lowest BCUT2D eigenvalue weighted by molar-refractivity contribution is -0.124. The molecule has 36 heavy (non-hydrogen) atoms. The number of fused-ring (bicyclic) bond motifs is 2. The molecule has 0 saturated heterocycles. The first-order chi connectivity index (χ1) is 17.6. The van der Waals surface area contributed by atoms with Crippen molar-refractivity contribution in [1.29, 1.82) is 0 Å². The second kappa shape index (κ2) is 10.3. The maximum absolute atomic E-state index is 12.3. The highest BCUT2D eigenvalue weighted by atomic mass is 16.7. The van der Waals surface area contributed by atoms with Gasteiger partial charge in [0, 0.05) is 11.8 Å². The van der Waals surface area contributed by atoms with Crippen LogP contribution >= 0.6 is 0 Å². The van der Waals surface area contributed by atoms with E-state index in [1.807, 2.05) is 66.7 Å². The molecule has 0 saturated carbocycles. The van der Waals surface area contributed by atoms with Crippen molar-refractivity contribution in [1.82, 2.24) is 9.88 Å². The van der Waals surface area contributed by atoms with Gasteiger partial charge in [0.05, 0.1) is 12.1 Å². The number of nitrogens with one attached hydrogen (secondary N) is 1. The van der Waals surface area contributed by atoms with Crippen molar-refractivity contribution in [3.8, 4) is 17.4 Å². The molecule has 3 aromatic carbocycles. The minimum atomic E-state index is -0.616. The van der Waals surface area contributed by atoms with Gasteiger partial charge in [-0.05, 0) is 35.7 Å². The molecule has 9 heteroatoms. The summed E-state index contributed by atoms with van der Waals surface area (Å²) in [5.41, 5.74) is 2.87. The Morgan fingerprint density at radius 3 is 2.58 bits per heavy atom. The van der Waals surface area contributed by atoms with Gasteiger partial charge in [0.25, 0.3) is 5.91 Å². The smallest absolute Gasteiger partial charge is 0.283 e. The molecule has 0 radical (unpaired) electrons. The lowest BCUT2D eigenvalue weighted by Gasteiger charge is -2.08. The Balaban J connectivity index is 1.26. The van der Waals surface area contributed by atoms with Gasteiger partial charge >= 0.3 is 0 Å². The standard InChI is InChI=1S/C27H24N4O5/c32-24(13-11-18-6-2-1-3-7-18)28-15-25(33)29-30-26-20-8-4-5-9-21(20)31(27(26)34)16-19-10-12-22-23(14-19)36-17-35-22/h1-10,12,14,34H,11,13,15-17H2,(H,28,32). The minimum absolute atomic E-state index is 0.114. The van der Waals surface area contributed by atoms with Gasteiger partial charge in [-0.25, -0.2) is 0 Å². The zero-order valence-electron chi connectivity index (χ0n) is 19.4. The van der Waals surface area contributed by atoms with Crippen LogP contribution in [0.5, 0.6) is 17.4 Å². The molecule has 0 aliphatic carbocycles. The first kappa shape index (κ1) is 23.1. The van der Waals surface area contributed by atoms with Gasteiger partial charge in [0.15, 0.2) is 17.2 Å². The van der Waals surface area contributed by atoms with E-state index >= 15 is 0 Å². The van der Waals surface area contributed by atoms with Gasteiger partial charge in [-0.1, -0.05) is 54.6 Å². The zero-order valence-corrected chi connectivity index (χ0v) is 19.4. The summed E-state index contributed by atoms with van der Waals surface area (Å²) in [7, 11) is 0. The molecular weight excluding hydrogens is 460 g/mol. The average molecular weight is 485 g/mol. The quantitative estimate of drug-likeness (QED) is 0.358. The predicted octanol–water partition coefficient (Wildman–Crippen LogP) is 4.48. The Morgan fingerprint density at radius 2 is 1.72 bits per heavy atom. The minimum Gasteiger partial charge on any atom is -0.493 e. The second-order valence-electron chi connectivity index (χ2n) is 8.32. The molecule has 182 valence electrons. The molecule has 1 aromatic heterocycles. The largest absolute Gasteiger partial charge is 0.493 e. The maximum atomic E-state index is 12.3. The molecule has 1 aliphatic heterocycles. The molecule has 1 aliphatic rings. The number of rotatable bonds is 8. The number of aromatic nitrogens is 1. The van der Waals surface area contributed by atoms with Gasteiger partial charge < -0.3 is 24.5 Å². The molecule has 2 N–H and O–H groups in total. The topological polar surface area (TPSA) is 115 Å². The first-order valence-corrected chi connectivity index (χ1v) is 11.5. The number of aryl methyl sites for hydroxylation is 1. The third-order valence-electron chi connectivity index (χ3n) is 5.88. The normalized spacial score (nSPS) is 12.3. The summed E-state index contributed by atoms with van der Waals surface area (Å²) in [6.45, 7) is 0.264. The Labute approximate surface area is 207 Å². The van der Waals surface area contributed by atoms with Crippen molar-refractivity contribution in [2.24, 2.45) is 10.2 Å². The Morgan fingerprint density at radius 1 is 0.944 bits per heavy atom. The van der Waals surface area contributed by atoms with Crippen LogP contribution in [0.2, 0.25) is 0 Å². The van der Waals surface area contributed by atoms with Gasteiger partial charge in [-0.3, -0.25) is 9.59 Å². The highest BCUT2D eigenvalue weighted by molar-refractivity contribution is 5.95. The average Bonchev–Trinajstić information content (AvgIpc) is 3.48. The van der Waals surface area contributed by atoms with E-state index in [1.165, 1.54) is 0 Å². The van der Waals surface area contributed by atoms with Crippen molar-refractivity contribution < 1.29 is 24.2 Å².